The minimum atomic E-state index is -0.238. The minimum absolute atomic E-state index is 0.238. The molecule has 0 saturated carbocycles. The number of nitrogens with zero attached hydrogens (tertiary/aromatic N) is 3. The summed E-state index contributed by atoms with van der Waals surface area (Å²) in [5, 5.41) is 0. The SMILES string of the molecule is CC(C)N1CCN2c3ncc(-c4ccccc4F)cc3OC[C@@H]2C1. The summed E-state index contributed by atoms with van der Waals surface area (Å²) < 4.78 is 20.0. The lowest BCUT2D eigenvalue weighted by Gasteiger charge is -2.46. The highest BCUT2D eigenvalue weighted by molar-refractivity contribution is 5.69. The smallest absolute Gasteiger partial charge is 0.171 e. The van der Waals surface area contributed by atoms with E-state index in [-0.39, 0.29) is 5.82 Å². The molecule has 0 bridgehead atoms. The van der Waals surface area contributed by atoms with Gasteiger partial charge in [-0.25, -0.2) is 9.37 Å². The quantitative estimate of drug-likeness (QED) is 0.847. The van der Waals surface area contributed by atoms with Gasteiger partial charge in [0.1, 0.15) is 12.4 Å². The second kappa shape index (κ2) is 6.06. The van der Waals surface area contributed by atoms with Crippen molar-refractivity contribution < 1.29 is 9.13 Å². The fourth-order valence-electron chi connectivity index (χ4n) is 3.56. The van der Waals surface area contributed by atoms with Gasteiger partial charge in [0, 0.05) is 43.0 Å². The summed E-state index contributed by atoms with van der Waals surface area (Å²) in [7, 11) is 0. The molecule has 24 heavy (non-hydrogen) atoms. The van der Waals surface area contributed by atoms with Crippen molar-refractivity contribution in [1.29, 1.82) is 0 Å². The molecule has 4 nitrogen and oxygen atoms in total. The summed E-state index contributed by atoms with van der Waals surface area (Å²) >= 11 is 0. The molecule has 1 aromatic heterocycles. The highest BCUT2D eigenvalue weighted by Crippen LogP contribution is 2.36. The van der Waals surface area contributed by atoms with Crippen LogP contribution in [-0.4, -0.2) is 48.2 Å². The summed E-state index contributed by atoms with van der Waals surface area (Å²) in [5.41, 5.74) is 1.31. The first-order valence-electron chi connectivity index (χ1n) is 8.52. The average molecular weight is 327 g/mol. The molecule has 0 unspecified atom stereocenters. The Morgan fingerprint density at radius 3 is 2.88 bits per heavy atom. The predicted molar refractivity (Wildman–Crippen MR) is 93.0 cm³/mol. The Morgan fingerprint density at radius 2 is 2.08 bits per heavy atom. The second-order valence-electron chi connectivity index (χ2n) is 6.77. The number of hydrogen-bond acceptors (Lipinski definition) is 4. The van der Waals surface area contributed by atoms with Crippen LogP contribution in [0.5, 0.6) is 5.75 Å². The van der Waals surface area contributed by atoms with Crippen LogP contribution in [0.4, 0.5) is 10.2 Å². The standard InChI is InChI=1S/C19H22FN3O/c1-13(2)22-7-8-23-15(11-22)12-24-18-9-14(10-21-19(18)23)16-5-3-4-6-17(16)20/h3-6,9-10,13,15H,7-8,11-12H2,1-2H3/t15-/m0/s1. The van der Waals surface area contributed by atoms with Gasteiger partial charge in [-0.1, -0.05) is 18.2 Å². The van der Waals surface area contributed by atoms with E-state index in [2.05, 4.69) is 28.6 Å². The number of hydrogen-bond donors (Lipinski definition) is 0. The molecule has 3 heterocycles. The lowest BCUT2D eigenvalue weighted by molar-refractivity contribution is 0.140. The van der Waals surface area contributed by atoms with Crippen LogP contribution in [0.15, 0.2) is 36.5 Å². The monoisotopic (exact) mass is 327 g/mol. The van der Waals surface area contributed by atoms with Gasteiger partial charge in [0.05, 0.1) is 6.04 Å². The largest absolute Gasteiger partial charge is 0.487 e. The number of benzene rings is 1. The molecule has 1 aromatic carbocycles. The third kappa shape index (κ3) is 2.63. The van der Waals surface area contributed by atoms with Crippen molar-refractivity contribution in [2.24, 2.45) is 0 Å². The maximum absolute atomic E-state index is 14.0. The molecule has 0 radical (unpaired) electrons. The lowest BCUT2D eigenvalue weighted by atomic mass is 10.1. The van der Waals surface area contributed by atoms with E-state index in [1.165, 1.54) is 6.07 Å². The Labute approximate surface area is 141 Å². The summed E-state index contributed by atoms with van der Waals surface area (Å²) in [6.45, 7) is 8.08. The first kappa shape index (κ1) is 15.4. The lowest BCUT2D eigenvalue weighted by Crippen LogP contribution is -2.58. The van der Waals surface area contributed by atoms with Gasteiger partial charge in [-0.2, -0.15) is 0 Å². The van der Waals surface area contributed by atoms with E-state index < -0.39 is 0 Å². The third-order valence-corrected chi connectivity index (χ3v) is 4.97. The Bertz CT molecular complexity index is 749. The highest BCUT2D eigenvalue weighted by Gasteiger charge is 2.34. The number of halogens is 1. The average Bonchev–Trinajstić information content (AvgIpc) is 2.61. The molecule has 126 valence electrons. The molecule has 2 aromatic rings. The summed E-state index contributed by atoms with van der Waals surface area (Å²) in [5.74, 6) is 1.40. The highest BCUT2D eigenvalue weighted by atomic mass is 19.1. The van der Waals surface area contributed by atoms with Crippen LogP contribution < -0.4 is 9.64 Å². The number of anilines is 1. The zero-order valence-electron chi connectivity index (χ0n) is 14.1. The molecule has 0 spiro atoms. The molecule has 5 heteroatoms. The van der Waals surface area contributed by atoms with E-state index in [0.717, 1.165) is 36.8 Å². The van der Waals surface area contributed by atoms with Crippen LogP contribution in [0.3, 0.4) is 0 Å². The maximum atomic E-state index is 14.0. The number of ether oxygens (including phenoxy) is 1. The van der Waals surface area contributed by atoms with E-state index in [0.29, 0.717) is 24.3 Å². The number of fused-ring (bicyclic) bond motifs is 3. The van der Waals surface area contributed by atoms with Gasteiger partial charge in [-0.05, 0) is 26.0 Å². The van der Waals surface area contributed by atoms with Gasteiger partial charge in [0.15, 0.2) is 11.6 Å². The Kier molecular flexibility index (Phi) is 3.88. The van der Waals surface area contributed by atoms with E-state index in [9.17, 15) is 4.39 Å². The van der Waals surface area contributed by atoms with Crippen molar-refractivity contribution in [1.82, 2.24) is 9.88 Å². The van der Waals surface area contributed by atoms with Gasteiger partial charge >= 0.3 is 0 Å². The number of rotatable bonds is 2. The first-order chi connectivity index (χ1) is 11.6. The number of pyridine rings is 1. The van der Waals surface area contributed by atoms with Crippen LogP contribution in [-0.2, 0) is 0 Å². The van der Waals surface area contributed by atoms with Crippen LogP contribution >= 0.6 is 0 Å². The van der Waals surface area contributed by atoms with Gasteiger partial charge < -0.3 is 9.64 Å². The minimum Gasteiger partial charge on any atom is -0.487 e. The van der Waals surface area contributed by atoms with Gasteiger partial charge in [-0.3, -0.25) is 4.90 Å². The van der Waals surface area contributed by atoms with Gasteiger partial charge in [-0.15, -0.1) is 0 Å². The van der Waals surface area contributed by atoms with Crippen molar-refractivity contribution in [3.63, 3.8) is 0 Å². The summed E-state index contributed by atoms with van der Waals surface area (Å²) in [4.78, 5) is 9.42. The maximum Gasteiger partial charge on any atom is 0.171 e. The molecule has 0 amide bonds. The van der Waals surface area contributed by atoms with Crippen molar-refractivity contribution in [2.75, 3.05) is 31.1 Å². The van der Waals surface area contributed by atoms with Crippen LogP contribution in [0.1, 0.15) is 13.8 Å². The summed E-state index contributed by atoms with van der Waals surface area (Å²) in [6.07, 6.45) is 1.75. The molecule has 2 aliphatic rings. The van der Waals surface area contributed by atoms with E-state index in [1.807, 2.05) is 12.1 Å². The van der Waals surface area contributed by atoms with E-state index in [4.69, 9.17) is 4.74 Å². The zero-order valence-corrected chi connectivity index (χ0v) is 14.1. The fraction of sp³-hybridized carbons (Fsp3) is 0.421. The molecular formula is C19H22FN3O. The van der Waals surface area contributed by atoms with E-state index in [1.54, 1.807) is 18.3 Å². The fourth-order valence-corrected chi connectivity index (χ4v) is 3.56. The Hall–Kier alpha value is -2.14. The molecule has 4 rings (SSSR count). The third-order valence-electron chi connectivity index (χ3n) is 4.97. The first-order valence-corrected chi connectivity index (χ1v) is 8.52. The molecule has 1 fully saturated rings. The molecule has 1 atom stereocenters. The van der Waals surface area contributed by atoms with Crippen LogP contribution in [0.25, 0.3) is 11.1 Å². The van der Waals surface area contributed by atoms with Crippen molar-refractivity contribution in [3.05, 3.63) is 42.3 Å². The van der Waals surface area contributed by atoms with Crippen LogP contribution in [0, 0.1) is 5.82 Å². The Balaban J connectivity index is 1.63. The molecule has 0 aliphatic carbocycles. The van der Waals surface area contributed by atoms with Crippen LogP contribution in [0.2, 0.25) is 0 Å². The second-order valence-corrected chi connectivity index (χ2v) is 6.77. The van der Waals surface area contributed by atoms with E-state index >= 15 is 0 Å². The molecule has 2 aliphatic heterocycles. The predicted octanol–water partition coefficient (Wildman–Crippen LogP) is 3.18. The van der Waals surface area contributed by atoms with Gasteiger partial charge in [0.25, 0.3) is 0 Å². The number of piperazine rings is 1. The Morgan fingerprint density at radius 1 is 1.25 bits per heavy atom. The molecule has 1 saturated heterocycles. The van der Waals surface area contributed by atoms with Crippen molar-refractivity contribution in [2.45, 2.75) is 25.9 Å². The molecule has 0 N–H and O–H groups in total. The van der Waals surface area contributed by atoms with Crippen molar-refractivity contribution >= 4 is 5.82 Å². The normalized spacial score (nSPS) is 20.5. The van der Waals surface area contributed by atoms with Gasteiger partial charge in [0.2, 0.25) is 0 Å². The summed E-state index contributed by atoms with van der Waals surface area (Å²) in [6, 6.07) is 9.55. The zero-order chi connectivity index (χ0) is 16.7. The molecular weight excluding hydrogens is 305 g/mol. The van der Waals surface area contributed by atoms with Crippen molar-refractivity contribution in [3.8, 4) is 16.9 Å². The number of aromatic nitrogens is 1. The topological polar surface area (TPSA) is 28.6 Å².